The molecule has 4 N–H and O–H groups in total. The number of carboxylic acids is 1. The fraction of sp³-hybridized carbons (Fsp3) is 0.684. The Bertz CT molecular complexity index is 629. The second-order valence-corrected chi connectivity index (χ2v) is 7.68. The summed E-state index contributed by atoms with van der Waals surface area (Å²) in [5.41, 5.74) is 5.21. The fourth-order valence-corrected chi connectivity index (χ4v) is 1.79. The number of carbonyl (C=O) groups excluding carboxylic acids is 3. The number of alkyl halides is 3. The maximum Gasteiger partial charge on any atom is 0.490 e. The Balaban J connectivity index is 0. The van der Waals surface area contributed by atoms with Crippen molar-refractivity contribution in [1.82, 2.24) is 5.32 Å². The first-order chi connectivity index (χ1) is 13.9. The lowest BCUT2D eigenvalue weighted by molar-refractivity contribution is -0.192. The van der Waals surface area contributed by atoms with Gasteiger partial charge in [0.2, 0.25) is 5.91 Å². The molecule has 0 unspecified atom stereocenters. The van der Waals surface area contributed by atoms with Gasteiger partial charge in [-0.05, 0) is 33.1 Å². The molecule has 0 aromatic carbocycles. The van der Waals surface area contributed by atoms with Gasteiger partial charge in [-0.2, -0.15) is 13.2 Å². The van der Waals surface area contributed by atoms with E-state index in [1.54, 1.807) is 34.6 Å². The van der Waals surface area contributed by atoms with Crippen molar-refractivity contribution in [2.24, 2.45) is 11.7 Å². The molecule has 0 bridgehead atoms. The van der Waals surface area contributed by atoms with E-state index in [-0.39, 0.29) is 25.4 Å². The highest BCUT2D eigenvalue weighted by Gasteiger charge is 2.38. The lowest BCUT2D eigenvalue weighted by Crippen LogP contribution is -2.51. The molecule has 12 heteroatoms. The van der Waals surface area contributed by atoms with Gasteiger partial charge >= 0.3 is 24.1 Å². The maximum atomic E-state index is 12.1. The van der Waals surface area contributed by atoms with Crippen LogP contribution in [-0.2, 0) is 28.7 Å². The highest BCUT2D eigenvalue weighted by atomic mass is 19.4. The Labute approximate surface area is 179 Å². The Hall–Kier alpha value is -2.63. The van der Waals surface area contributed by atoms with Crippen molar-refractivity contribution in [3.63, 3.8) is 0 Å². The molecule has 1 amide bonds. The minimum atomic E-state index is -5.08. The smallest absolute Gasteiger partial charge is 0.475 e. The van der Waals surface area contributed by atoms with E-state index >= 15 is 0 Å². The van der Waals surface area contributed by atoms with Crippen LogP contribution in [0.5, 0.6) is 0 Å². The number of nitrogens with one attached hydrogen (secondary N) is 1. The molecule has 0 aliphatic rings. The molecular formula is C19H31F3N2O7. The summed E-state index contributed by atoms with van der Waals surface area (Å²) in [4.78, 5) is 44.6. The van der Waals surface area contributed by atoms with Crippen LogP contribution in [0, 0.1) is 5.92 Å². The van der Waals surface area contributed by atoms with Crippen LogP contribution in [0.15, 0.2) is 12.7 Å². The van der Waals surface area contributed by atoms with Gasteiger partial charge in [0.25, 0.3) is 0 Å². The van der Waals surface area contributed by atoms with E-state index in [0.29, 0.717) is 0 Å². The second-order valence-electron chi connectivity index (χ2n) is 7.68. The number of carbonyl (C=O) groups is 4. The van der Waals surface area contributed by atoms with Gasteiger partial charge < -0.3 is 25.6 Å². The number of aliphatic carboxylic acids is 1. The van der Waals surface area contributed by atoms with E-state index in [0.717, 1.165) is 0 Å². The summed E-state index contributed by atoms with van der Waals surface area (Å²) in [5, 5.41) is 9.70. The molecule has 9 nitrogen and oxygen atoms in total. The molecule has 0 saturated carbocycles. The third-order valence-electron chi connectivity index (χ3n) is 3.22. The number of nitrogens with two attached hydrogens (primary N) is 1. The van der Waals surface area contributed by atoms with Gasteiger partial charge in [-0.1, -0.05) is 26.5 Å². The van der Waals surface area contributed by atoms with Crippen molar-refractivity contribution in [3.05, 3.63) is 12.7 Å². The van der Waals surface area contributed by atoms with Gasteiger partial charge in [0.05, 0.1) is 6.04 Å². The van der Waals surface area contributed by atoms with Crippen LogP contribution in [0.4, 0.5) is 13.2 Å². The van der Waals surface area contributed by atoms with Crippen molar-refractivity contribution in [2.45, 2.75) is 71.3 Å². The lowest BCUT2D eigenvalue weighted by atomic mass is 10.0. The standard InChI is InChI=1S/C17H30N2O5.C2HF3O2/c1-7-10-23-16(22)14(11(2)3)19-15(21)12(18)8-9-13(20)24-17(4,5)6;3-2(4,5)1(6)7/h7,11-12,14H,1,8-10,18H2,2-6H3,(H,19,21);(H,6,7)/t12-,14-;/m0./s1. The molecule has 180 valence electrons. The summed E-state index contributed by atoms with van der Waals surface area (Å²) in [7, 11) is 0. The van der Waals surface area contributed by atoms with Crippen molar-refractivity contribution in [2.75, 3.05) is 6.61 Å². The van der Waals surface area contributed by atoms with Gasteiger partial charge in [0.15, 0.2) is 0 Å². The van der Waals surface area contributed by atoms with Gasteiger partial charge in [0.1, 0.15) is 18.2 Å². The van der Waals surface area contributed by atoms with E-state index in [1.165, 1.54) is 6.08 Å². The van der Waals surface area contributed by atoms with Crippen LogP contribution in [0.2, 0.25) is 0 Å². The monoisotopic (exact) mass is 456 g/mol. The topological polar surface area (TPSA) is 145 Å². The largest absolute Gasteiger partial charge is 0.490 e. The summed E-state index contributed by atoms with van der Waals surface area (Å²) in [6, 6.07) is -1.71. The molecule has 0 spiro atoms. The van der Waals surface area contributed by atoms with Gasteiger partial charge in [-0.3, -0.25) is 9.59 Å². The van der Waals surface area contributed by atoms with E-state index < -0.39 is 47.7 Å². The van der Waals surface area contributed by atoms with Crippen molar-refractivity contribution in [3.8, 4) is 0 Å². The Morgan fingerprint density at radius 1 is 1.16 bits per heavy atom. The Morgan fingerprint density at radius 3 is 2.00 bits per heavy atom. The zero-order valence-corrected chi connectivity index (χ0v) is 18.2. The molecule has 0 aromatic rings. The minimum Gasteiger partial charge on any atom is -0.475 e. The Morgan fingerprint density at radius 2 is 1.65 bits per heavy atom. The van der Waals surface area contributed by atoms with Crippen molar-refractivity contribution < 1.29 is 46.9 Å². The highest BCUT2D eigenvalue weighted by Crippen LogP contribution is 2.13. The molecule has 0 radical (unpaired) electrons. The first-order valence-corrected chi connectivity index (χ1v) is 9.27. The molecule has 0 fully saturated rings. The number of hydrogen-bond acceptors (Lipinski definition) is 7. The van der Waals surface area contributed by atoms with E-state index in [2.05, 4.69) is 11.9 Å². The molecule has 0 aliphatic heterocycles. The van der Waals surface area contributed by atoms with Gasteiger partial charge in [0, 0.05) is 6.42 Å². The second kappa shape index (κ2) is 13.6. The summed E-state index contributed by atoms with van der Waals surface area (Å²) in [6.07, 6.45) is -3.48. The van der Waals surface area contributed by atoms with Crippen molar-refractivity contribution in [1.29, 1.82) is 0 Å². The quantitative estimate of drug-likeness (QED) is 0.353. The van der Waals surface area contributed by atoms with Gasteiger partial charge in [-0.25, -0.2) is 9.59 Å². The van der Waals surface area contributed by atoms with Crippen LogP contribution in [-0.4, -0.2) is 59.4 Å². The average molecular weight is 456 g/mol. The molecule has 0 aromatic heterocycles. The summed E-state index contributed by atoms with van der Waals surface area (Å²) >= 11 is 0. The highest BCUT2D eigenvalue weighted by molar-refractivity contribution is 5.88. The normalized spacial score (nSPS) is 13.2. The van der Waals surface area contributed by atoms with Crippen molar-refractivity contribution >= 4 is 23.8 Å². The maximum absolute atomic E-state index is 12.1. The molecule has 31 heavy (non-hydrogen) atoms. The number of hydrogen-bond donors (Lipinski definition) is 3. The number of rotatable bonds is 9. The molecule has 0 saturated heterocycles. The summed E-state index contributed by atoms with van der Waals surface area (Å²) < 4.78 is 41.9. The number of ether oxygens (including phenoxy) is 2. The van der Waals surface area contributed by atoms with Crippen LogP contribution in [0.1, 0.15) is 47.5 Å². The first kappa shape index (κ1) is 30.6. The Kier molecular flexibility index (Phi) is 13.4. The molecule has 0 rings (SSSR count). The summed E-state index contributed by atoms with van der Waals surface area (Å²) in [6.45, 7) is 12.4. The number of halogens is 3. The minimum absolute atomic E-state index is 0.0269. The predicted molar refractivity (Wildman–Crippen MR) is 105 cm³/mol. The third kappa shape index (κ3) is 15.8. The average Bonchev–Trinajstić information content (AvgIpc) is 2.59. The zero-order chi connectivity index (χ0) is 25.0. The van der Waals surface area contributed by atoms with E-state index in [9.17, 15) is 27.6 Å². The third-order valence-corrected chi connectivity index (χ3v) is 3.22. The van der Waals surface area contributed by atoms with Gasteiger partial charge in [-0.15, -0.1) is 0 Å². The number of amides is 1. The fourth-order valence-electron chi connectivity index (χ4n) is 1.79. The zero-order valence-electron chi connectivity index (χ0n) is 18.2. The van der Waals surface area contributed by atoms with Crippen LogP contribution < -0.4 is 11.1 Å². The van der Waals surface area contributed by atoms with Crippen LogP contribution >= 0.6 is 0 Å². The predicted octanol–water partition coefficient (Wildman–Crippen LogP) is 1.94. The molecule has 0 heterocycles. The van der Waals surface area contributed by atoms with Crippen LogP contribution in [0.25, 0.3) is 0 Å². The summed E-state index contributed by atoms with van der Waals surface area (Å²) in [5.74, 6) is -4.39. The lowest BCUT2D eigenvalue weighted by Gasteiger charge is -2.23. The van der Waals surface area contributed by atoms with E-state index in [1.807, 2.05) is 0 Å². The molecule has 0 aliphatic carbocycles. The molecular weight excluding hydrogens is 425 g/mol. The van der Waals surface area contributed by atoms with Crippen LogP contribution in [0.3, 0.4) is 0 Å². The first-order valence-electron chi connectivity index (χ1n) is 9.27. The number of esters is 2. The SMILES string of the molecule is C=CCOC(=O)[C@@H](NC(=O)[C@@H](N)CCC(=O)OC(C)(C)C)C(C)C.O=C(O)C(F)(F)F. The number of carboxylic acid groups (broad SMARTS) is 1. The molecule has 2 atom stereocenters. The van der Waals surface area contributed by atoms with E-state index in [4.69, 9.17) is 25.1 Å².